The molecule has 42 heavy (non-hydrogen) atoms. The van der Waals surface area contributed by atoms with Gasteiger partial charge in [-0.3, -0.25) is 4.90 Å². The largest absolute Gasteiger partial charge is 0.497 e. The van der Waals surface area contributed by atoms with Crippen molar-refractivity contribution in [2.24, 2.45) is 0 Å². The molecule has 10 heteroatoms. The van der Waals surface area contributed by atoms with E-state index in [9.17, 15) is 5.11 Å². The molecule has 4 aromatic rings. The van der Waals surface area contributed by atoms with Crippen LogP contribution in [0.3, 0.4) is 0 Å². The number of hydrogen-bond donors (Lipinski definition) is 3. The summed E-state index contributed by atoms with van der Waals surface area (Å²) in [5.74, 6) is 2.21. The number of aliphatic hydroxyl groups is 1. The molecule has 1 aliphatic rings. The average molecular weight is 570 g/mol. The van der Waals surface area contributed by atoms with Gasteiger partial charge in [-0.05, 0) is 68.4 Å². The Bertz CT molecular complexity index is 1470. The van der Waals surface area contributed by atoms with Gasteiger partial charge in [-0.1, -0.05) is 18.2 Å². The number of anilines is 6. The second-order valence-corrected chi connectivity index (χ2v) is 10.4. The molecule has 0 bridgehead atoms. The van der Waals surface area contributed by atoms with E-state index in [1.165, 1.54) is 12.0 Å². The Balaban J connectivity index is 1.44. The van der Waals surface area contributed by atoms with Crippen LogP contribution in [0.5, 0.6) is 11.5 Å². The first-order valence-electron chi connectivity index (χ1n) is 14.0. The molecule has 3 N–H and O–H groups in total. The van der Waals surface area contributed by atoms with E-state index in [1.807, 2.05) is 44.2 Å². The van der Waals surface area contributed by atoms with Crippen LogP contribution >= 0.6 is 0 Å². The standard InChI is InChI=1S/C32H39N7O3/c1-22-7-6-8-23(2)31(22)36-32(40)39(27-14-13-26(41-4)19-28(27)42-5)30-20-29(33-21-34-30)35-24-9-11-25(12-10-24)38-17-15-37(3)16-18-38/h6-14,19-21,32,36,40H,15-18H2,1-5H3,(H,33,34,35). The highest BCUT2D eigenvalue weighted by Crippen LogP contribution is 2.38. The summed E-state index contributed by atoms with van der Waals surface area (Å²) in [6, 6.07) is 21.6. The van der Waals surface area contributed by atoms with Gasteiger partial charge in [-0.15, -0.1) is 0 Å². The van der Waals surface area contributed by atoms with Crippen molar-refractivity contribution in [1.29, 1.82) is 0 Å². The van der Waals surface area contributed by atoms with Gasteiger partial charge >= 0.3 is 0 Å². The molecule has 220 valence electrons. The van der Waals surface area contributed by atoms with Gasteiger partial charge < -0.3 is 35.0 Å². The van der Waals surface area contributed by atoms with Crippen molar-refractivity contribution >= 4 is 34.4 Å². The molecular formula is C32H39N7O3. The van der Waals surface area contributed by atoms with Crippen LogP contribution in [0, 0.1) is 13.8 Å². The molecule has 0 radical (unpaired) electrons. The molecule has 5 rings (SSSR count). The number of methoxy groups -OCH3 is 2. The Hall–Kier alpha value is -4.54. The van der Waals surface area contributed by atoms with Gasteiger partial charge in [0, 0.05) is 55.4 Å². The third kappa shape index (κ3) is 6.50. The number of aliphatic hydroxyl groups excluding tert-OH is 1. The maximum atomic E-state index is 11.7. The molecule has 0 spiro atoms. The lowest BCUT2D eigenvalue weighted by Crippen LogP contribution is -2.44. The molecule has 0 amide bonds. The molecule has 1 fully saturated rings. The molecule has 0 saturated carbocycles. The predicted molar refractivity (Wildman–Crippen MR) is 169 cm³/mol. The molecule has 3 aromatic carbocycles. The Kier molecular flexibility index (Phi) is 8.94. The number of nitrogens with zero attached hydrogens (tertiary/aromatic N) is 5. The van der Waals surface area contributed by atoms with E-state index in [0.717, 1.165) is 48.7 Å². The fourth-order valence-corrected chi connectivity index (χ4v) is 5.12. The highest BCUT2D eigenvalue weighted by atomic mass is 16.5. The molecule has 2 heterocycles. The summed E-state index contributed by atoms with van der Waals surface area (Å²) >= 11 is 0. The molecule has 0 aliphatic carbocycles. The number of para-hydroxylation sites is 1. The minimum absolute atomic E-state index is 0.469. The maximum Gasteiger partial charge on any atom is 0.211 e. The van der Waals surface area contributed by atoms with Crippen LogP contribution in [0.15, 0.2) is 73.1 Å². The Morgan fingerprint density at radius 2 is 1.60 bits per heavy atom. The molecule has 1 atom stereocenters. The van der Waals surface area contributed by atoms with Crippen LogP contribution < -0.4 is 29.9 Å². The van der Waals surface area contributed by atoms with E-state index in [0.29, 0.717) is 28.8 Å². The summed E-state index contributed by atoms with van der Waals surface area (Å²) in [5, 5.41) is 18.3. The minimum Gasteiger partial charge on any atom is -0.497 e. The number of piperazine rings is 1. The van der Waals surface area contributed by atoms with Crippen LogP contribution in [0.25, 0.3) is 0 Å². The summed E-state index contributed by atoms with van der Waals surface area (Å²) in [7, 11) is 5.34. The van der Waals surface area contributed by atoms with Gasteiger partial charge in [-0.25, -0.2) is 9.97 Å². The van der Waals surface area contributed by atoms with Crippen molar-refractivity contribution in [3.8, 4) is 11.5 Å². The first kappa shape index (κ1) is 29.0. The number of likely N-dealkylation sites (N-methyl/N-ethyl adjacent to an activating group) is 1. The van der Waals surface area contributed by atoms with Crippen LogP contribution in [0.2, 0.25) is 0 Å². The second kappa shape index (κ2) is 13.0. The van der Waals surface area contributed by atoms with Crippen molar-refractivity contribution in [2.75, 3.05) is 67.9 Å². The van der Waals surface area contributed by atoms with Crippen molar-refractivity contribution in [3.63, 3.8) is 0 Å². The lowest BCUT2D eigenvalue weighted by Gasteiger charge is -2.34. The fraction of sp³-hybridized carbons (Fsp3) is 0.312. The third-order valence-corrected chi connectivity index (χ3v) is 7.55. The normalized spacial score (nSPS) is 14.3. The molecule has 1 aromatic heterocycles. The number of rotatable bonds is 10. The van der Waals surface area contributed by atoms with Crippen molar-refractivity contribution in [3.05, 3.63) is 84.2 Å². The zero-order valence-corrected chi connectivity index (χ0v) is 24.8. The number of nitrogens with one attached hydrogen (secondary N) is 2. The topological polar surface area (TPSA) is 98.3 Å². The van der Waals surface area contributed by atoms with Gasteiger partial charge in [0.15, 0.2) is 0 Å². The monoisotopic (exact) mass is 569 g/mol. The fourth-order valence-electron chi connectivity index (χ4n) is 5.12. The summed E-state index contributed by atoms with van der Waals surface area (Å²) < 4.78 is 11.1. The summed E-state index contributed by atoms with van der Waals surface area (Å²) in [4.78, 5) is 15.4. The van der Waals surface area contributed by atoms with E-state index in [2.05, 4.69) is 61.7 Å². The lowest BCUT2D eigenvalue weighted by atomic mass is 10.1. The third-order valence-electron chi connectivity index (χ3n) is 7.55. The summed E-state index contributed by atoms with van der Waals surface area (Å²) in [5.41, 5.74) is 5.58. The summed E-state index contributed by atoms with van der Waals surface area (Å²) in [6.45, 7) is 8.15. The van der Waals surface area contributed by atoms with E-state index < -0.39 is 6.35 Å². The van der Waals surface area contributed by atoms with E-state index in [1.54, 1.807) is 31.3 Å². The zero-order chi connectivity index (χ0) is 29.6. The van der Waals surface area contributed by atoms with E-state index in [-0.39, 0.29) is 0 Å². The van der Waals surface area contributed by atoms with Crippen LogP contribution in [0.4, 0.5) is 34.4 Å². The van der Waals surface area contributed by atoms with E-state index >= 15 is 0 Å². The van der Waals surface area contributed by atoms with Gasteiger partial charge in [-0.2, -0.15) is 0 Å². The molecule has 1 aliphatic heterocycles. The average Bonchev–Trinajstić information content (AvgIpc) is 3.00. The summed E-state index contributed by atoms with van der Waals surface area (Å²) in [6.07, 6.45) is 0.295. The van der Waals surface area contributed by atoms with Gasteiger partial charge in [0.05, 0.1) is 19.9 Å². The number of ether oxygens (including phenoxy) is 2. The quantitative estimate of drug-likeness (QED) is 0.223. The predicted octanol–water partition coefficient (Wildman–Crippen LogP) is 5.13. The SMILES string of the molecule is COc1ccc(N(c2cc(Nc3ccc(N4CCN(C)CC4)cc3)ncn2)C(O)Nc2c(C)cccc2C)c(OC)c1. The van der Waals surface area contributed by atoms with Crippen LogP contribution in [0.1, 0.15) is 11.1 Å². The molecular weight excluding hydrogens is 530 g/mol. The Morgan fingerprint density at radius 3 is 2.26 bits per heavy atom. The first-order chi connectivity index (χ1) is 20.4. The van der Waals surface area contributed by atoms with E-state index in [4.69, 9.17) is 9.47 Å². The van der Waals surface area contributed by atoms with Gasteiger partial charge in [0.25, 0.3) is 0 Å². The number of aryl methyl sites for hydroxylation is 2. The molecule has 1 unspecified atom stereocenters. The zero-order valence-electron chi connectivity index (χ0n) is 24.8. The highest BCUT2D eigenvalue weighted by molar-refractivity contribution is 5.72. The second-order valence-electron chi connectivity index (χ2n) is 10.4. The molecule has 1 saturated heterocycles. The van der Waals surface area contributed by atoms with Crippen LogP contribution in [-0.2, 0) is 0 Å². The Labute approximate surface area is 247 Å². The molecule has 10 nitrogen and oxygen atoms in total. The van der Waals surface area contributed by atoms with Gasteiger partial charge in [0.2, 0.25) is 6.35 Å². The number of hydrogen-bond acceptors (Lipinski definition) is 10. The van der Waals surface area contributed by atoms with Crippen molar-refractivity contribution < 1.29 is 14.6 Å². The highest BCUT2D eigenvalue weighted by Gasteiger charge is 2.25. The smallest absolute Gasteiger partial charge is 0.211 e. The number of benzene rings is 3. The van der Waals surface area contributed by atoms with Crippen molar-refractivity contribution in [2.45, 2.75) is 20.2 Å². The first-order valence-corrected chi connectivity index (χ1v) is 14.0. The lowest BCUT2D eigenvalue weighted by molar-refractivity contribution is 0.208. The minimum atomic E-state index is -1.18. The van der Waals surface area contributed by atoms with Gasteiger partial charge in [0.1, 0.15) is 29.5 Å². The number of aromatic nitrogens is 2. The Morgan fingerprint density at radius 1 is 0.881 bits per heavy atom. The van der Waals surface area contributed by atoms with Crippen molar-refractivity contribution in [1.82, 2.24) is 14.9 Å². The maximum absolute atomic E-state index is 11.7. The van der Waals surface area contributed by atoms with Crippen LogP contribution in [-0.4, -0.2) is 73.8 Å².